The zero-order chi connectivity index (χ0) is 11.5. The summed E-state index contributed by atoms with van der Waals surface area (Å²) in [5, 5.41) is 9.79. The summed E-state index contributed by atoms with van der Waals surface area (Å²) in [4.78, 5) is 19.1. The minimum absolute atomic E-state index is 0.0583. The van der Waals surface area contributed by atoms with Gasteiger partial charge in [0.25, 0.3) is 0 Å². The number of hydrogen-bond acceptors (Lipinski definition) is 4. The highest BCUT2D eigenvalue weighted by Crippen LogP contribution is 2.18. The molecule has 2 heterocycles. The van der Waals surface area contributed by atoms with Crippen LogP contribution < -0.4 is 5.73 Å². The second-order valence-electron chi connectivity index (χ2n) is 3.46. The van der Waals surface area contributed by atoms with Gasteiger partial charge < -0.3 is 10.8 Å². The summed E-state index contributed by atoms with van der Waals surface area (Å²) in [6.07, 6.45) is 4.85. The molecule has 5 heteroatoms. The lowest BCUT2D eigenvalue weighted by molar-refractivity contribution is -0.138. The number of fused-ring (bicyclic) bond motifs is 1. The van der Waals surface area contributed by atoms with Gasteiger partial charge in [0.15, 0.2) is 0 Å². The van der Waals surface area contributed by atoms with Gasteiger partial charge in [0.1, 0.15) is 0 Å². The summed E-state index contributed by atoms with van der Waals surface area (Å²) in [6, 6.07) is 3.54. The van der Waals surface area contributed by atoms with E-state index in [1.165, 1.54) is 0 Å². The SMILES string of the molecule is NCC(C(=O)O)c1cnc2ccncc2c1. The molecule has 0 bridgehead atoms. The molecule has 0 aliphatic heterocycles. The van der Waals surface area contributed by atoms with Gasteiger partial charge in [0, 0.05) is 30.5 Å². The van der Waals surface area contributed by atoms with Gasteiger partial charge in [-0.25, -0.2) is 0 Å². The van der Waals surface area contributed by atoms with Crippen LogP contribution in [0.3, 0.4) is 0 Å². The maximum absolute atomic E-state index is 10.9. The largest absolute Gasteiger partial charge is 0.481 e. The lowest BCUT2D eigenvalue weighted by Crippen LogP contribution is -2.21. The number of hydrogen-bond donors (Lipinski definition) is 2. The van der Waals surface area contributed by atoms with Gasteiger partial charge in [-0.05, 0) is 17.7 Å². The highest BCUT2D eigenvalue weighted by atomic mass is 16.4. The number of pyridine rings is 2. The standard InChI is InChI=1S/C11H11N3O2/c12-4-9(11(15)16)7-3-8-5-13-2-1-10(8)14-6-7/h1-3,5-6,9H,4,12H2,(H,15,16). The number of nitrogens with zero attached hydrogens (tertiary/aromatic N) is 2. The van der Waals surface area contributed by atoms with E-state index in [9.17, 15) is 4.79 Å². The monoisotopic (exact) mass is 217 g/mol. The molecule has 82 valence electrons. The molecule has 0 fully saturated rings. The van der Waals surface area contributed by atoms with Crippen LogP contribution in [0.4, 0.5) is 0 Å². The maximum Gasteiger partial charge on any atom is 0.312 e. The van der Waals surface area contributed by atoms with Crippen molar-refractivity contribution in [3.05, 3.63) is 36.3 Å². The third kappa shape index (κ3) is 1.85. The molecule has 16 heavy (non-hydrogen) atoms. The first-order valence-electron chi connectivity index (χ1n) is 4.85. The van der Waals surface area contributed by atoms with E-state index < -0.39 is 11.9 Å². The molecule has 3 N–H and O–H groups in total. The van der Waals surface area contributed by atoms with E-state index in [4.69, 9.17) is 10.8 Å². The summed E-state index contributed by atoms with van der Waals surface area (Å²) in [6.45, 7) is 0.0583. The number of carboxylic acids is 1. The molecule has 0 amide bonds. The second kappa shape index (κ2) is 4.24. The van der Waals surface area contributed by atoms with Crippen molar-refractivity contribution in [3.63, 3.8) is 0 Å². The summed E-state index contributed by atoms with van der Waals surface area (Å²) >= 11 is 0. The van der Waals surface area contributed by atoms with Crippen LogP contribution in [0.15, 0.2) is 30.7 Å². The van der Waals surface area contributed by atoms with E-state index >= 15 is 0 Å². The van der Waals surface area contributed by atoms with Crippen molar-refractivity contribution in [2.75, 3.05) is 6.54 Å². The fraction of sp³-hybridized carbons (Fsp3) is 0.182. The van der Waals surface area contributed by atoms with Crippen LogP contribution in [0.1, 0.15) is 11.5 Å². The Morgan fingerprint density at radius 1 is 1.50 bits per heavy atom. The molecule has 1 atom stereocenters. The van der Waals surface area contributed by atoms with E-state index in [2.05, 4.69) is 9.97 Å². The van der Waals surface area contributed by atoms with Crippen molar-refractivity contribution in [2.45, 2.75) is 5.92 Å². The molecule has 0 aromatic carbocycles. The summed E-state index contributed by atoms with van der Waals surface area (Å²) in [5.74, 6) is -1.65. The fourth-order valence-electron chi connectivity index (χ4n) is 1.56. The quantitative estimate of drug-likeness (QED) is 0.792. The Hall–Kier alpha value is -2.01. The molecule has 0 aliphatic carbocycles. The first kappa shape index (κ1) is 10.5. The number of carbonyl (C=O) groups is 1. The molecular formula is C11H11N3O2. The molecule has 0 radical (unpaired) electrons. The van der Waals surface area contributed by atoms with Crippen LogP contribution in [0.2, 0.25) is 0 Å². The Kier molecular flexibility index (Phi) is 2.78. The average Bonchev–Trinajstić information content (AvgIpc) is 2.29. The predicted molar refractivity (Wildman–Crippen MR) is 59.0 cm³/mol. The van der Waals surface area contributed by atoms with Gasteiger partial charge in [0.2, 0.25) is 0 Å². The van der Waals surface area contributed by atoms with Gasteiger partial charge in [-0.2, -0.15) is 0 Å². The fourth-order valence-corrected chi connectivity index (χ4v) is 1.56. The van der Waals surface area contributed by atoms with E-state index in [0.717, 1.165) is 10.9 Å². The molecule has 0 aliphatic rings. The average molecular weight is 217 g/mol. The van der Waals surface area contributed by atoms with E-state index in [0.29, 0.717) is 5.56 Å². The Bertz CT molecular complexity index is 527. The normalized spacial score (nSPS) is 12.6. The Morgan fingerprint density at radius 3 is 3.00 bits per heavy atom. The lowest BCUT2D eigenvalue weighted by atomic mass is 10.0. The first-order valence-corrected chi connectivity index (χ1v) is 4.85. The van der Waals surface area contributed by atoms with Crippen molar-refractivity contribution < 1.29 is 9.90 Å². The van der Waals surface area contributed by atoms with Crippen molar-refractivity contribution in [1.29, 1.82) is 0 Å². The van der Waals surface area contributed by atoms with Gasteiger partial charge >= 0.3 is 5.97 Å². The zero-order valence-corrected chi connectivity index (χ0v) is 8.50. The predicted octanol–water partition coefficient (Wildman–Crippen LogP) is 0.757. The highest BCUT2D eigenvalue weighted by molar-refractivity contribution is 5.81. The molecule has 2 rings (SSSR count). The van der Waals surface area contributed by atoms with Crippen molar-refractivity contribution >= 4 is 16.9 Å². The van der Waals surface area contributed by atoms with Gasteiger partial charge in [-0.15, -0.1) is 0 Å². The minimum atomic E-state index is -0.937. The molecule has 5 nitrogen and oxygen atoms in total. The second-order valence-corrected chi connectivity index (χ2v) is 3.46. The molecular weight excluding hydrogens is 206 g/mol. The molecule has 1 unspecified atom stereocenters. The Balaban J connectivity index is 2.49. The van der Waals surface area contributed by atoms with Crippen LogP contribution in [-0.2, 0) is 4.79 Å². The number of rotatable bonds is 3. The van der Waals surface area contributed by atoms with E-state index in [1.807, 2.05) is 0 Å². The van der Waals surface area contributed by atoms with Gasteiger partial charge in [-0.3, -0.25) is 14.8 Å². The summed E-state index contributed by atoms with van der Waals surface area (Å²) in [5.41, 5.74) is 6.82. The zero-order valence-electron chi connectivity index (χ0n) is 8.50. The van der Waals surface area contributed by atoms with Crippen LogP contribution in [0.5, 0.6) is 0 Å². The van der Waals surface area contributed by atoms with Crippen molar-refractivity contribution in [2.24, 2.45) is 5.73 Å². The van der Waals surface area contributed by atoms with Crippen molar-refractivity contribution in [1.82, 2.24) is 9.97 Å². The van der Waals surface area contributed by atoms with Crippen LogP contribution >= 0.6 is 0 Å². The summed E-state index contributed by atoms with van der Waals surface area (Å²) < 4.78 is 0. The lowest BCUT2D eigenvalue weighted by Gasteiger charge is -2.09. The Morgan fingerprint density at radius 2 is 2.31 bits per heavy atom. The first-order chi connectivity index (χ1) is 7.72. The smallest absolute Gasteiger partial charge is 0.312 e. The van der Waals surface area contributed by atoms with Crippen molar-refractivity contribution in [3.8, 4) is 0 Å². The number of carboxylic acid groups (broad SMARTS) is 1. The van der Waals surface area contributed by atoms with Gasteiger partial charge in [0.05, 0.1) is 11.4 Å². The minimum Gasteiger partial charge on any atom is -0.481 e. The van der Waals surface area contributed by atoms with Crippen LogP contribution in [0.25, 0.3) is 10.9 Å². The van der Waals surface area contributed by atoms with Gasteiger partial charge in [-0.1, -0.05) is 0 Å². The third-order valence-corrected chi connectivity index (χ3v) is 2.44. The molecule has 0 saturated heterocycles. The molecule has 2 aromatic heterocycles. The molecule has 0 saturated carbocycles. The molecule has 2 aromatic rings. The van der Waals surface area contributed by atoms with E-state index in [1.54, 1.807) is 30.7 Å². The topological polar surface area (TPSA) is 89.1 Å². The highest BCUT2D eigenvalue weighted by Gasteiger charge is 2.18. The van der Waals surface area contributed by atoms with E-state index in [-0.39, 0.29) is 6.54 Å². The number of nitrogens with two attached hydrogens (primary N) is 1. The maximum atomic E-state index is 10.9. The Labute approximate surface area is 91.9 Å². The molecule has 0 spiro atoms. The van der Waals surface area contributed by atoms with Crippen LogP contribution in [-0.4, -0.2) is 27.6 Å². The number of aromatic nitrogens is 2. The summed E-state index contributed by atoms with van der Waals surface area (Å²) in [7, 11) is 0. The number of aliphatic carboxylic acids is 1. The van der Waals surface area contributed by atoms with Crippen LogP contribution in [0, 0.1) is 0 Å². The third-order valence-electron chi connectivity index (χ3n) is 2.44.